The summed E-state index contributed by atoms with van der Waals surface area (Å²) in [5.74, 6) is 0. The van der Waals surface area contributed by atoms with Crippen molar-refractivity contribution in [2.24, 2.45) is 0 Å². The summed E-state index contributed by atoms with van der Waals surface area (Å²) in [4.78, 5) is 18.5. The monoisotopic (exact) mass is 254 g/mol. The number of hydrogen-bond donors (Lipinski definition) is 1. The minimum atomic E-state index is -3.24. The molecule has 70 valence electrons. The maximum atomic E-state index is 9.24. The molecule has 0 saturated heterocycles. The first kappa shape index (κ1) is 19.6. The maximum absolute atomic E-state index is 9.24. The van der Waals surface area contributed by atoms with Gasteiger partial charge in [-0.25, -0.2) is 0 Å². The third-order valence-electron chi connectivity index (χ3n) is 0.403. The van der Waals surface area contributed by atoms with Crippen LogP contribution in [-0.4, -0.2) is 49.5 Å². The van der Waals surface area contributed by atoms with E-state index < -0.39 is 16.5 Å². The van der Waals surface area contributed by atoms with Crippen LogP contribution in [0.4, 0.5) is 0 Å². The molecule has 0 rings (SSSR count). The average molecular weight is 254 g/mol. The van der Waals surface area contributed by atoms with E-state index in [1.54, 1.807) is 6.92 Å². The van der Waals surface area contributed by atoms with Crippen molar-refractivity contribution >= 4 is 54.2 Å². The van der Waals surface area contributed by atoms with Crippen LogP contribution in [0.1, 0.15) is 6.92 Å². The molecule has 0 aliphatic carbocycles. The summed E-state index contributed by atoms with van der Waals surface area (Å²) < 4.78 is 21.6. The van der Waals surface area contributed by atoms with E-state index in [-0.39, 0.29) is 44.3 Å². The van der Waals surface area contributed by atoms with E-state index in [4.69, 9.17) is 5.11 Å². The second kappa shape index (κ2) is 13.0. The molecule has 0 saturated carbocycles. The Morgan fingerprint density at radius 3 is 1.69 bits per heavy atom. The van der Waals surface area contributed by atoms with Gasteiger partial charge in [0.1, 0.15) is 4.31 Å². The van der Waals surface area contributed by atoms with Crippen LogP contribution in [0.25, 0.3) is 0 Å². The van der Waals surface area contributed by atoms with Gasteiger partial charge in [-0.3, -0.25) is 0 Å². The molecule has 1 N–H and O–H groups in total. The van der Waals surface area contributed by atoms with E-state index in [0.717, 1.165) is 5.57 Å². The Balaban J connectivity index is -0.000000150. The van der Waals surface area contributed by atoms with Gasteiger partial charge in [0.25, 0.3) is 0 Å². The molecule has 0 amide bonds. The molecule has 0 aromatic rings. The van der Waals surface area contributed by atoms with Gasteiger partial charge in [-0.1, -0.05) is 12.2 Å². The van der Waals surface area contributed by atoms with E-state index >= 15 is 0 Å². The van der Waals surface area contributed by atoms with E-state index in [1.165, 1.54) is 0 Å². The number of hydrogen-bond acceptors (Lipinski definition) is 6. The molecule has 0 aromatic carbocycles. The standard InChI is InChI=1S/C4H8O.Ca.O5P2/c1-4(2)3-5;;1-6(2)5-7(3)4/h5H,1,3H2,2H3;;/q;+2;. The fraction of sp³-hybridized carbons (Fsp3) is 0.500. The van der Waals surface area contributed by atoms with Gasteiger partial charge in [-0.05, 0) is 16.1 Å². The summed E-state index contributed by atoms with van der Waals surface area (Å²) >= 11 is 0. The van der Waals surface area contributed by atoms with Gasteiger partial charge in [0.15, 0.2) is 0 Å². The summed E-state index contributed by atoms with van der Waals surface area (Å²) in [5, 5.41) is 8.04. The molecule has 13 heavy (non-hydrogen) atoms. The maximum Gasteiger partial charge on any atom is 2.00 e. The van der Waals surface area contributed by atoms with Crippen LogP contribution in [0.3, 0.4) is 0 Å². The first-order chi connectivity index (χ1) is 5.40. The molecule has 0 heterocycles. The number of rotatable bonds is 3. The van der Waals surface area contributed by atoms with Crippen LogP contribution in [0, 0.1) is 0 Å². The Hall–Kier alpha value is 1.04. The van der Waals surface area contributed by atoms with Crippen molar-refractivity contribution in [1.82, 2.24) is 0 Å². The topological polar surface area (TPSA) is 110 Å². The predicted molar refractivity (Wildman–Crippen MR) is 44.0 cm³/mol. The summed E-state index contributed by atoms with van der Waals surface area (Å²) in [6, 6.07) is 0. The minimum Gasteiger partial charge on any atom is -0.563 e. The normalized spacial score (nSPS) is 10.2. The minimum absolute atomic E-state index is 0. The van der Waals surface area contributed by atoms with Crippen LogP contribution >= 0.6 is 16.5 Å². The van der Waals surface area contributed by atoms with Gasteiger partial charge in [0, 0.05) is 0 Å². The zero-order valence-electron chi connectivity index (χ0n) is 7.00. The number of aliphatic hydroxyl groups excluding tert-OH is 1. The zero-order chi connectivity index (χ0) is 10.1. The Morgan fingerprint density at radius 2 is 1.69 bits per heavy atom. The SMILES string of the molecule is C=C(C)CO.O=[P+]([O-])O[P+](=O)[O-].[Ca+2]. The Kier molecular flexibility index (Phi) is 19.6. The van der Waals surface area contributed by atoms with Crippen molar-refractivity contribution in [2.45, 2.75) is 6.92 Å². The molecule has 0 fully saturated rings. The van der Waals surface area contributed by atoms with Crippen LogP contribution < -0.4 is 9.79 Å². The summed E-state index contributed by atoms with van der Waals surface area (Å²) in [6.45, 7) is 5.31. The molecular weight excluding hydrogens is 246 g/mol. The van der Waals surface area contributed by atoms with Gasteiger partial charge >= 0.3 is 54.2 Å². The van der Waals surface area contributed by atoms with Gasteiger partial charge in [-0.2, -0.15) is 0 Å². The molecular formula is C4H8CaO6P2+2. The smallest absolute Gasteiger partial charge is 0.563 e. The van der Waals surface area contributed by atoms with E-state index in [0.29, 0.717) is 0 Å². The van der Waals surface area contributed by atoms with Gasteiger partial charge in [0.05, 0.1) is 6.61 Å². The Labute approximate surface area is 108 Å². The van der Waals surface area contributed by atoms with E-state index in [1.807, 2.05) is 0 Å². The van der Waals surface area contributed by atoms with Crippen molar-refractivity contribution in [3.63, 3.8) is 0 Å². The second-order valence-corrected chi connectivity index (χ2v) is 3.19. The van der Waals surface area contributed by atoms with Crippen LogP contribution in [0.5, 0.6) is 0 Å². The molecule has 0 spiro atoms. The molecule has 0 radical (unpaired) electrons. The van der Waals surface area contributed by atoms with E-state index in [2.05, 4.69) is 10.9 Å². The van der Waals surface area contributed by atoms with Crippen LogP contribution in [-0.2, 0) is 13.4 Å². The molecule has 2 atom stereocenters. The largest absolute Gasteiger partial charge is 2.00 e. The Morgan fingerprint density at radius 1 is 1.46 bits per heavy atom. The first-order valence-electron chi connectivity index (χ1n) is 2.62. The summed E-state index contributed by atoms with van der Waals surface area (Å²) in [7, 11) is -6.47. The number of aliphatic hydroxyl groups is 1. The van der Waals surface area contributed by atoms with Crippen LogP contribution in [0.2, 0.25) is 0 Å². The van der Waals surface area contributed by atoms with Crippen molar-refractivity contribution < 1.29 is 28.3 Å². The predicted octanol–water partition coefficient (Wildman–Crippen LogP) is -0.788. The van der Waals surface area contributed by atoms with Crippen molar-refractivity contribution in [3.8, 4) is 0 Å². The van der Waals surface area contributed by atoms with Crippen LogP contribution in [0.15, 0.2) is 12.2 Å². The van der Waals surface area contributed by atoms with E-state index in [9.17, 15) is 18.9 Å². The molecule has 0 aromatic heterocycles. The fourth-order valence-electron chi connectivity index (χ4n) is 0.0544. The third kappa shape index (κ3) is 32.1. The van der Waals surface area contributed by atoms with Crippen molar-refractivity contribution in [3.05, 3.63) is 12.2 Å². The third-order valence-corrected chi connectivity index (χ3v) is 1.47. The molecule has 0 bridgehead atoms. The molecule has 9 heteroatoms. The van der Waals surface area contributed by atoms with Crippen molar-refractivity contribution in [2.75, 3.05) is 6.61 Å². The zero-order valence-corrected chi connectivity index (χ0v) is 11.0. The van der Waals surface area contributed by atoms with Gasteiger partial charge in [0.2, 0.25) is 0 Å². The molecule has 2 unspecified atom stereocenters. The quantitative estimate of drug-likeness (QED) is 0.401. The van der Waals surface area contributed by atoms with Gasteiger partial charge < -0.3 is 14.9 Å². The molecule has 6 nitrogen and oxygen atoms in total. The second-order valence-electron chi connectivity index (χ2n) is 1.64. The first-order valence-corrected chi connectivity index (χ1v) is 4.81. The summed E-state index contributed by atoms with van der Waals surface area (Å²) in [6.07, 6.45) is 0. The van der Waals surface area contributed by atoms with Gasteiger partial charge in [-0.15, -0.1) is 0 Å². The van der Waals surface area contributed by atoms with Crippen molar-refractivity contribution in [1.29, 1.82) is 0 Å². The molecule has 0 aliphatic heterocycles. The molecule has 0 aliphatic rings. The average Bonchev–Trinajstić information content (AvgIpc) is 1.85. The Bertz CT molecular complexity index is 171. The summed E-state index contributed by atoms with van der Waals surface area (Å²) in [5.41, 5.74) is 0.810. The fourth-order valence-corrected chi connectivity index (χ4v) is 0.490.